The van der Waals surface area contributed by atoms with Gasteiger partial charge in [-0.3, -0.25) is 4.79 Å². The zero-order chi connectivity index (χ0) is 6.57. The number of rotatable bonds is 2. The van der Waals surface area contributed by atoms with E-state index in [9.17, 15) is 9.18 Å². The zero-order valence-corrected chi connectivity index (χ0v) is 4.56. The van der Waals surface area contributed by atoms with Crippen LogP contribution in [0.5, 0.6) is 0 Å². The quantitative estimate of drug-likeness (QED) is 0.406. The number of nitrogens with two attached hydrogens (primary N) is 1. The molecule has 0 radical (unpaired) electrons. The third-order valence-corrected chi connectivity index (χ3v) is 0.589. The van der Waals surface area contributed by atoms with Gasteiger partial charge in [-0.25, -0.2) is 4.39 Å². The normalized spacial score (nSPS) is 12.9. The number of halogens is 1. The van der Waals surface area contributed by atoms with E-state index in [1.54, 1.807) is 0 Å². The fraction of sp³-hybridized carbons (Fsp3) is 0.750. The monoisotopic (exact) mass is 121 g/mol. The largest absolute Gasteiger partial charge is 0.469 e. The van der Waals surface area contributed by atoms with E-state index in [1.807, 2.05) is 0 Å². The summed E-state index contributed by atoms with van der Waals surface area (Å²) in [5.41, 5.74) is 4.60. The van der Waals surface area contributed by atoms with Gasteiger partial charge in [0.25, 0.3) is 0 Å². The van der Waals surface area contributed by atoms with Gasteiger partial charge < -0.3 is 10.5 Å². The van der Waals surface area contributed by atoms with Gasteiger partial charge in [-0.05, 0) is 0 Å². The predicted octanol–water partition coefficient (Wildman–Crippen LogP) is -0.196. The first-order chi connectivity index (χ1) is 3.66. The SMILES string of the molecule is COC(=O)CC(N)F. The second-order valence-corrected chi connectivity index (χ2v) is 1.30. The molecule has 0 fully saturated rings. The van der Waals surface area contributed by atoms with Gasteiger partial charge in [-0.15, -0.1) is 0 Å². The van der Waals surface area contributed by atoms with Crippen LogP contribution < -0.4 is 5.73 Å². The molecule has 0 rings (SSSR count). The Labute approximate surface area is 46.6 Å². The molecule has 1 atom stereocenters. The summed E-state index contributed by atoms with van der Waals surface area (Å²) >= 11 is 0. The van der Waals surface area contributed by atoms with Crippen molar-refractivity contribution in [3.05, 3.63) is 0 Å². The Bertz CT molecular complexity index is 84.1. The fourth-order valence-electron chi connectivity index (χ4n) is 0.243. The molecule has 0 heterocycles. The summed E-state index contributed by atoms with van der Waals surface area (Å²) in [6, 6.07) is 0. The first-order valence-corrected chi connectivity index (χ1v) is 2.13. The Balaban J connectivity index is 3.25. The number of hydrogen-bond donors (Lipinski definition) is 1. The molecular formula is C4H8FNO2. The van der Waals surface area contributed by atoms with Crippen molar-refractivity contribution < 1.29 is 13.9 Å². The maximum atomic E-state index is 11.6. The first-order valence-electron chi connectivity index (χ1n) is 2.13. The number of hydrogen-bond acceptors (Lipinski definition) is 3. The molecule has 0 aromatic heterocycles. The molecule has 0 aliphatic heterocycles. The molecule has 0 bridgehead atoms. The Morgan fingerprint density at radius 1 is 2.00 bits per heavy atom. The molecule has 4 heteroatoms. The van der Waals surface area contributed by atoms with Crippen LogP contribution >= 0.6 is 0 Å². The molecule has 0 aromatic carbocycles. The Morgan fingerprint density at radius 2 is 2.50 bits per heavy atom. The highest BCUT2D eigenvalue weighted by Crippen LogP contribution is 1.89. The van der Waals surface area contributed by atoms with Crippen LogP contribution in [-0.4, -0.2) is 19.4 Å². The van der Waals surface area contributed by atoms with Crippen molar-refractivity contribution in [2.75, 3.05) is 7.11 Å². The van der Waals surface area contributed by atoms with Crippen molar-refractivity contribution in [3.63, 3.8) is 0 Å². The Morgan fingerprint density at radius 3 is 2.62 bits per heavy atom. The van der Waals surface area contributed by atoms with Crippen molar-refractivity contribution in [1.82, 2.24) is 0 Å². The molecule has 8 heavy (non-hydrogen) atoms. The highest BCUT2D eigenvalue weighted by Gasteiger charge is 2.05. The fourth-order valence-corrected chi connectivity index (χ4v) is 0.243. The maximum absolute atomic E-state index is 11.6. The summed E-state index contributed by atoms with van der Waals surface area (Å²) in [7, 11) is 1.19. The third kappa shape index (κ3) is 3.55. The van der Waals surface area contributed by atoms with Crippen LogP contribution in [0.3, 0.4) is 0 Å². The summed E-state index contributed by atoms with van der Waals surface area (Å²) in [6.07, 6.45) is -1.96. The highest BCUT2D eigenvalue weighted by atomic mass is 19.1. The lowest BCUT2D eigenvalue weighted by Gasteiger charge is -1.97. The van der Waals surface area contributed by atoms with E-state index in [2.05, 4.69) is 10.5 Å². The van der Waals surface area contributed by atoms with E-state index in [1.165, 1.54) is 7.11 Å². The van der Waals surface area contributed by atoms with E-state index in [0.29, 0.717) is 0 Å². The Hall–Kier alpha value is -0.640. The molecule has 0 amide bonds. The van der Waals surface area contributed by atoms with Crippen molar-refractivity contribution in [2.45, 2.75) is 12.7 Å². The average Bonchev–Trinajstić information content (AvgIpc) is 1.65. The maximum Gasteiger partial charge on any atom is 0.309 e. The molecule has 0 aliphatic rings. The van der Waals surface area contributed by atoms with Gasteiger partial charge in [0.15, 0.2) is 6.30 Å². The van der Waals surface area contributed by atoms with E-state index in [-0.39, 0.29) is 6.42 Å². The number of alkyl halides is 1. The van der Waals surface area contributed by atoms with Crippen LogP contribution in [0, 0.1) is 0 Å². The summed E-state index contributed by atoms with van der Waals surface area (Å²) < 4.78 is 15.7. The van der Waals surface area contributed by atoms with E-state index in [4.69, 9.17) is 0 Å². The second kappa shape index (κ2) is 3.37. The van der Waals surface area contributed by atoms with Crippen LogP contribution in [0.25, 0.3) is 0 Å². The molecule has 3 nitrogen and oxygen atoms in total. The Kier molecular flexibility index (Phi) is 3.10. The minimum atomic E-state index is -1.59. The van der Waals surface area contributed by atoms with Crippen molar-refractivity contribution in [1.29, 1.82) is 0 Å². The summed E-state index contributed by atoms with van der Waals surface area (Å²) in [4.78, 5) is 10.1. The van der Waals surface area contributed by atoms with Crippen molar-refractivity contribution in [3.8, 4) is 0 Å². The van der Waals surface area contributed by atoms with Gasteiger partial charge >= 0.3 is 5.97 Å². The first kappa shape index (κ1) is 7.36. The molecular weight excluding hydrogens is 113 g/mol. The number of carbonyl (C=O) groups excluding carboxylic acids is 1. The zero-order valence-electron chi connectivity index (χ0n) is 4.56. The second-order valence-electron chi connectivity index (χ2n) is 1.30. The van der Waals surface area contributed by atoms with Crippen LogP contribution in [0.4, 0.5) is 4.39 Å². The van der Waals surface area contributed by atoms with Crippen LogP contribution in [0.2, 0.25) is 0 Å². The summed E-state index contributed by atoms with van der Waals surface area (Å²) in [5, 5.41) is 0. The number of methoxy groups -OCH3 is 1. The van der Waals surface area contributed by atoms with Gasteiger partial charge in [0.2, 0.25) is 0 Å². The van der Waals surface area contributed by atoms with E-state index < -0.39 is 12.3 Å². The molecule has 0 saturated heterocycles. The average molecular weight is 121 g/mol. The van der Waals surface area contributed by atoms with E-state index in [0.717, 1.165) is 0 Å². The molecule has 0 saturated carbocycles. The molecule has 2 N–H and O–H groups in total. The lowest BCUT2D eigenvalue weighted by molar-refractivity contribution is -0.141. The minimum absolute atomic E-state index is 0.365. The predicted molar refractivity (Wildman–Crippen MR) is 25.7 cm³/mol. The number of carbonyl (C=O) groups is 1. The van der Waals surface area contributed by atoms with E-state index >= 15 is 0 Å². The van der Waals surface area contributed by atoms with Crippen LogP contribution in [0.15, 0.2) is 0 Å². The lowest BCUT2D eigenvalue weighted by atomic mass is 10.4. The molecule has 1 unspecified atom stereocenters. The molecule has 0 aliphatic carbocycles. The molecule has 0 aromatic rings. The van der Waals surface area contributed by atoms with Crippen LogP contribution in [0.1, 0.15) is 6.42 Å². The standard InChI is InChI=1S/C4H8FNO2/c1-8-4(7)2-3(5)6/h3H,2,6H2,1H3. The highest BCUT2D eigenvalue weighted by molar-refractivity contribution is 5.69. The third-order valence-electron chi connectivity index (χ3n) is 0.589. The van der Waals surface area contributed by atoms with Crippen LogP contribution in [-0.2, 0) is 9.53 Å². The number of ether oxygens (including phenoxy) is 1. The number of esters is 1. The van der Waals surface area contributed by atoms with Crippen molar-refractivity contribution >= 4 is 5.97 Å². The molecule has 0 spiro atoms. The topological polar surface area (TPSA) is 52.3 Å². The van der Waals surface area contributed by atoms with Gasteiger partial charge in [-0.2, -0.15) is 0 Å². The lowest BCUT2D eigenvalue weighted by Crippen LogP contribution is -2.18. The smallest absolute Gasteiger partial charge is 0.309 e. The van der Waals surface area contributed by atoms with Gasteiger partial charge in [0.05, 0.1) is 13.5 Å². The summed E-state index contributed by atoms with van der Waals surface area (Å²) in [6.45, 7) is 0. The molecule has 48 valence electrons. The van der Waals surface area contributed by atoms with Gasteiger partial charge in [0.1, 0.15) is 0 Å². The van der Waals surface area contributed by atoms with Gasteiger partial charge in [-0.1, -0.05) is 0 Å². The van der Waals surface area contributed by atoms with Crippen molar-refractivity contribution in [2.24, 2.45) is 5.73 Å². The van der Waals surface area contributed by atoms with Gasteiger partial charge in [0, 0.05) is 0 Å². The summed E-state index contributed by atoms with van der Waals surface area (Å²) in [5.74, 6) is -0.625. The minimum Gasteiger partial charge on any atom is -0.469 e.